The highest BCUT2D eigenvalue weighted by atomic mass is 35.5. The van der Waals surface area contributed by atoms with Gasteiger partial charge in [-0.2, -0.15) is 17.6 Å². The second-order valence-electron chi connectivity index (χ2n) is 10.2. The number of nitrogens with one attached hydrogen (secondary N) is 1. The van der Waals surface area contributed by atoms with Crippen molar-refractivity contribution in [3.63, 3.8) is 0 Å². The molecule has 5 rings (SSSR count). The Hall–Kier alpha value is -2.51. The number of pyridine rings is 1. The fourth-order valence-corrected chi connectivity index (χ4v) is 6.13. The standard InChI is InChI=1S/C25H25ClF5N3O4S/c26-20-12-32-22(11-19(20)25(29,30)31)38-24(28)5-7-34(8-6-24)13-15-9-21(27)18(10-17(15)14-1-2-14)23(35)33-39(36,37)16-3-4-16/h9-12,14,16H,1-8,13H2,(H,33,35). The number of likely N-dealkylation sites (tertiary alicyclic amines) is 1. The van der Waals surface area contributed by atoms with Gasteiger partial charge in [-0.05, 0) is 54.9 Å². The largest absolute Gasteiger partial charge is 0.441 e. The van der Waals surface area contributed by atoms with Crippen LogP contribution in [0.1, 0.15) is 71.5 Å². The summed E-state index contributed by atoms with van der Waals surface area (Å²) in [4.78, 5) is 18.1. The smallest absolute Gasteiger partial charge is 0.418 e. The minimum atomic E-state index is -4.75. The van der Waals surface area contributed by atoms with Crippen molar-refractivity contribution < 1.29 is 39.9 Å². The van der Waals surface area contributed by atoms with Gasteiger partial charge in [-0.3, -0.25) is 9.69 Å². The molecule has 2 heterocycles. The predicted octanol–water partition coefficient (Wildman–Crippen LogP) is 5.33. The van der Waals surface area contributed by atoms with Gasteiger partial charge in [0.2, 0.25) is 15.9 Å². The van der Waals surface area contributed by atoms with E-state index >= 15 is 4.39 Å². The number of rotatable bonds is 8. The summed E-state index contributed by atoms with van der Waals surface area (Å²) < 4.78 is 101. The maximum Gasteiger partial charge on any atom is 0.418 e. The summed E-state index contributed by atoms with van der Waals surface area (Å²) in [7, 11) is -3.84. The molecular formula is C25H25ClF5N3O4S. The van der Waals surface area contributed by atoms with Crippen LogP contribution in [-0.4, -0.2) is 48.4 Å². The number of ether oxygens (including phenoxy) is 1. The first-order valence-electron chi connectivity index (χ1n) is 12.5. The van der Waals surface area contributed by atoms with Crippen molar-refractivity contribution in [1.29, 1.82) is 0 Å². The topological polar surface area (TPSA) is 88.6 Å². The highest BCUT2D eigenvalue weighted by molar-refractivity contribution is 7.91. The number of nitrogens with zero attached hydrogens (tertiary/aromatic N) is 2. The molecule has 1 aliphatic heterocycles. The van der Waals surface area contributed by atoms with Crippen LogP contribution in [0.4, 0.5) is 22.0 Å². The van der Waals surface area contributed by atoms with Gasteiger partial charge in [0.15, 0.2) is 0 Å². The Balaban J connectivity index is 1.25. The lowest BCUT2D eigenvalue weighted by atomic mass is 9.97. The minimum Gasteiger partial charge on any atom is -0.441 e. The molecule has 0 unspecified atom stereocenters. The van der Waals surface area contributed by atoms with Gasteiger partial charge in [-0.25, -0.2) is 22.5 Å². The molecule has 1 saturated heterocycles. The van der Waals surface area contributed by atoms with Crippen LogP contribution in [0, 0.1) is 5.82 Å². The van der Waals surface area contributed by atoms with Gasteiger partial charge in [0.05, 0.1) is 27.6 Å². The SMILES string of the molecule is O=C(NS(=O)(=O)C1CC1)c1cc(C2CC2)c(CN2CCC(F)(Oc3cc(C(F)(F)F)c(Cl)cn3)CC2)cc1F. The second kappa shape index (κ2) is 10.2. The highest BCUT2D eigenvalue weighted by Crippen LogP contribution is 2.43. The van der Waals surface area contributed by atoms with Gasteiger partial charge < -0.3 is 4.74 Å². The van der Waals surface area contributed by atoms with Crippen LogP contribution in [0.25, 0.3) is 0 Å². The number of carbonyl (C=O) groups excluding carboxylic acids is 1. The van der Waals surface area contributed by atoms with Crippen LogP contribution < -0.4 is 9.46 Å². The van der Waals surface area contributed by atoms with Crippen LogP contribution in [0.2, 0.25) is 5.02 Å². The Kier molecular flexibility index (Phi) is 7.30. The molecule has 0 spiro atoms. The highest BCUT2D eigenvalue weighted by Gasteiger charge is 2.40. The van der Waals surface area contributed by atoms with Crippen LogP contribution in [-0.2, 0) is 22.7 Å². The number of alkyl halides is 4. The van der Waals surface area contributed by atoms with Crippen molar-refractivity contribution in [2.24, 2.45) is 0 Å². The molecule has 1 aromatic carbocycles. The summed E-state index contributed by atoms with van der Waals surface area (Å²) in [5.41, 5.74) is -0.165. The van der Waals surface area contributed by atoms with E-state index in [-0.39, 0.29) is 44.0 Å². The number of benzene rings is 1. The zero-order valence-corrected chi connectivity index (χ0v) is 22.1. The van der Waals surface area contributed by atoms with Crippen LogP contribution >= 0.6 is 11.6 Å². The van der Waals surface area contributed by atoms with Gasteiger partial charge in [0, 0.05) is 38.5 Å². The molecule has 39 heavy (non-hydrogen) atoms. The van der Waals surface area contributed by atoms with Crippen molar-refractivity contribution in [3.8, 4) is 5.88 Å². The maximum absolute atomic E-state index is 15.4. The Morgan fingerprint density at radius 1 is 1.15 bits per heavy atom. The summed E-state index contributed by atoms with van der Waals surface area (Å²) in [5.74, 6) is -4.53. The number of carbonyl (C=O) groups is 1. The van der Waals surface area contributed by atoms with E-state index in [1.165, 1.54) is 12.1 Å². The zero-order valence-electron chi connectivity index (χ0n) is 20.5. The average molecular weight is 594 g/mol. The number of hydrogen-bond donors (Lipinski definition) is 1. The van der Waals surface area contributed by atoms with Gasteiger partial charge in [0.25, 0.3) is 11.8 Å². The number of aromatic nitrogens is 1. The molecule has 3 fully saturated rings. The Morgan fingerprint density at radius 3 is 2.41 bits per heavy atom. The fraction of sp³-hybridized carbons (Fsp3) is 0.520. The molecule has 3 aliphatic rings. The first-order valence-corrected chi connectivity index (χ1v) is 14.4. The number of sulfonamides is 1. The number of amides is 1. The normalized spacial score (nSPS) is 20.1. The van der Waals surface area contributed by atoms with E-state index in [9.17, 15) is 30.8 Å². The lowest BCUT2D eigenvalue weighted by Gasteiger charge is -2.36. The molecular weight excluding hydrogens is 569 g/mol. The van der Waals surface area contributed by atoms with E-state index in [4.69, 9.17) is 16.3 Å². The first-order chi connectivity index (χ1) is 18.2. The lowest BCUT2D eigenvalue weighted by molar-refractivity contribution is -0.138. The van der Waals surface area contributed by atoms with E-state index in [2.05, 4.69) is 4.98 Å². The van der Waals surface area contributed by atoms with E-state index in [1.54, 1.807) is 0 Å². The van der Waals surface area contributed by atoms with Crippen LogP contribution in [0.3, 0.4) is 0 Å². The first kappa shape index (κ1) is 28.0. The predicted molar refractivity (Wildman–Crippen MR) is 131 cm³/mol. The summed E-state index contributed by atoms with van der Waals surface area (Å²) >= 11 is 5.56. The van der Waals surface area contributed by atoms with Gasteiger partial charge in [0.1, 0.15) is 5.82 Å². The maximum atomic E-state index is 15.4. The summed E-state index contributed by atoms with van der Waals surface area (Å²) in [6, 6.07) is 3.18. The van der Waals surface area contributed by atoms with Crippen molar-refractivity contribution in [3.05, 3.63) is 57.5 Å². The van der Waals surface area contributed by atoms with E-state index in [0.29, 0.717) is 24.5 Å². The average Bonchev–Trinajstić information content (AvgIpc) is 3.74. The lowest BCUT2D eigenvalue weighted by Crippen LogP contribution is -2.45. The molecule has 1 N–H and O–H groups in total. The summed E-state index contributed by atoms with van der Waals surface area (Å²) in [6.07, 6.45) is -1.71. The zero-order chi connectivity index (χ0) is 28.2. The molecule has 0 bridgehead atoms. The fourth-order valence-electron chi connectivity index (χ4n) is 4.63. The third kappa shape index (κ3) is 6.46. The van der Waals surface area contributed by atoms with E-state index in [0.717, 1.165) is 24.6 Å². The summed E-state index contributed by atoms with van der Waals surface area (Å²) in [5, 5.41) is -1.25. The molecule has 1 aromatic heterocycles. The van der Waals surface area contributed by atoms with E-state index < -0.39 is 55.5 Å². The van der Waals surface area contributed by atoms with Crippen molar-refractivity contribution in [1.82, 2.24) is 14.6 Å². The van der Waals surface area contributed by atoms with Crippen molar-refractivity contribution in [2.45, 2.75) is 68.3 Å². The van der Waals surface area contributed by atoms with Crippen molar-refractivity contribution >= 4 is 27.5 Å². The molecule has 0 atom stereocenters. The molecule has 14 heteroatoms. The quantitative estimate of drug-likeness (QED) is 0.416. The molecule has 2 saturated carbocycles. The van der Waals surface area contributed by atoms with Crippen LogP contribution in [0.15, 0.2) is 24.4 Å². The van der Waals surface area contributed by atoms with Gasteiger partial charge in [-0.15, -0.1) is 0 Å². The van der Waals surface area contributed by atoms with Crippen LogP contribution in [0.5, 0.6) is 5.88 Å². The third-order valence-corrected chi connectivity index (χ3v) is 9.23. The third-order valence-electron chi connectivity index (χ3n) is 7.11. The Labute approximate surface area is 226 Å². The number of halogens is 6. The Bertz CT molecular complexity index is 1390. The van der Waals surface area contributed by atoms with Gasteiger partial charge >= 0.3 is 6.18 Å². The monoisotopic (exact) mass is 593 g/mol. The molecule has 1 amide bonds. The number of piperidine rings is 1. The molecule has 2 aliphatic carbocycles. The van der Waals surface area contributed by atoms with E-state index in [1.807, 2.05) is 9.62 Å². The number of hydrogen-bond acceptors (Lipinski definition) is 6. The van der Waals surface area contributed by atoms with Crippen molar-refractivity contribution in [2.75, 3.05) is 13.1 Å². The summed E-state index contributed by atoms with van der Waals surface area (Å²) in [6.45, 7) is 0.589. The second-order valence-corrected chi connectivity index (χ2v) is 12.6. The minimum absolute atomic E-state index is 0.111. The Morgan fingerprint density at radius 2 is 1.82 bits per heavy atom. The molecule has 0 radical (unpaired) electrons. The molecule has 7 nitrogen and oxygen atoms in total. The molecule has 212 valence electrons. The molecule has 2 aromatic rings. The van der Waals surface area contributed by atoms with Gasteiger partial charge in [-0.1, -0.05) is 11.6 Å².